The SMILES string of the molecule is CNC(=S)N1CCN(c2nsc3ccccc23)CC1. The summed E-state index contributed by atoms with van der Waals surface area (Å²) in [4.78, 5) is 4.56. The number of aromatic nitrogens is 1. The van der Waals surface area contributed by atoms with Gasteiger partial charge in [0.2, 0.25) is 0 Å². The monoisotopic (exact) mass is 292 g/mol. The van der Waals surface area contributed by atoms with Crippen molar-refractivity contribution in [3.63, 3.8) is 0 Å². The van der Waals surface area contributed by atoms with Gasteiger partial charge in [0.05, 0.1) is 4.70 Å². The molecule has 1 saturated heterocycles. The molecule has 4 nitrogen and oxygen atoms in total. The minimum atomic E-state index is 0.836. The first-order valence-corrected chi connectivity index (χ1v) is 7.54. The molecule has 0 atom stereocenters. The molecule has 1 aliphatic heterocycles. The van der Waals surface area contributed by atoms with E-state index in [0.717, 1.165) is 37.1 Å². The fourth-order valence-corrected chi connectivity index (χ4v) is 3.36. The van der Waals surface area contributed by atoms with Crippen molar-refractivity contribution in [3.8, 4) is 0 Å². The summed E-state index contributed by atoms with van der Waals surface area (Å²) in [5, 5.41) is 5.14. The lowest BCUT2D eigenvalue weighted by atomic mass is 10.2. The second-order valence-corrected chi connectivity index (χ2v) is 5.72. The number of benzene rings is 1. The Labute approximate surface area is 122 Å². The Kier molecular flexibility index (Phi) is 3.52. The van der Waals surface area contributed by atoms with E-state index >= 15 is 0 Å². The maximum atomic E-state index is 5.27. The molecule has 1 aliphatic rings. The first-order valence-electron chi connectivity index (χ1n) is 6.35. The third kappa shape index (κ3) is 2.37. The first kappa shape index (κ1) is 12.6. The van der Waals surface area contributed by atoms with Gasteiger partial charge in [-0.15, -0.1) is 0 Å². The summed E-state index contributed by atoms with van der Waals surface area (Å²) in [5.74, 6) is 1.12. The lowest BCUT2D eigenvalue weighted by Gasteiger charge is -2.36. The van der Waals surface area contributed by atoms with Gasteiger partial charge < -0.3 is 15.1 Å². The Bertz CT molecular complexity index is 587. The Morgan fingerprint density at radius 3 is 2.74 bits per heavy atom. The van der Waals surface area contributed by atoms with Gasteiger partial charge in [0.15, 0.2) is 5.11 Å². The van der Waals surface area contributed by atoms with Crippen molar-refractivity contribution in [2.45, 2.75) is 0 Å². The van der Waals surface area contributed by atoms with Crippen molar-refractivity contribution < 1.29 is 0 Å². The van der Waals surface area contributed by atoms with Gasteiger partial charge in [-0.05, 0) is 35.9 Å². The molecule has 2 heterocycles. The fraction of sp³-hybridized carbons (Fsp3) is 0.385. The van der Waals surface area contributed by atoms with E-state index in [1.54, 1.807) is 11.5 Å². The number of rotatable bonds is 1. The van der Waals surface area contributed by atoms with Crippen molar-refractivity contribution in [1.82, 2.24) is 14.6 Å². The molecule has 0 amide bonds. The topological polar surface area (TPSA) is 31.4 Å². The summed E-state index contributed by atoms with van der Waals surface area (Å²) in [6, 6.07) is 8.42. The van der Waals surface area contributed by atoms with Crippen molar-refractivity contribution in [2.75, 3.05) is 38.1 Å². The van der Waals surface area contributed by atoms with Crippen molar-refractivity contribution in [2.24, 2.45) is 0 Å². The van der Waals surface area contributed by atoms with E-state index in [9.17, 15) is 0 Å². The number of anilines is 1. The van der Waals surface area contributed by atoms with Crippen LogP contribution in [0.2, 0.25) is 0 Å². The minimum Gasteiger partial charge on any atom is -0.366 e. The highest BCUT2D eigenvalue weighted by Crippen LogP contribution is 2.29. The third-order valence-electron chi connectivity index (χ3n) is 3.44. The number of nitrogens with one attached hydrogen (secondary N) is 1. The largest absolute Gasteiger partial charge is 0.366 e. The van der Waals surface area contributed by atoms with Gasteiger partial charge in [-0.1, -0.05) is 12.1 Å². The summed E-state index contributed by atoms with van der Waals surface area (Å²) >= 11 is 6.85. The van der Waals surface area contributed by atoms with Crippen LogP contribution in [-0.2, 0) is 0 Å². The molecule has 0 saturated carbocycles. The molecular formula is C13H16N4S2. The Hall–Kier alpha value is -1.40. The highest BCUT2D eigenvalue weighted by atomic mass is 32.1. The Balaban J connectivity index is 1.77. The summed E-state index contributed by atoms with van der Waals surface area (Å²) < 4.78 is 5.86. The molecule has 0 aliphatic carbocycles. The predicted octanol–water partition coefficient (Wildman–Crippen LogP) is 1.92. The molecule has 0 unspecified atom stereocenters. The van der Waals surface area contributed by atoms with E-state index in [0.29, 0.717) is 0 Å². The normalized spacial score (nSPS) is 15.8. The zero-order valence-electron chi connectivity index (χ0n) is 10.8. The van der Waals surface area contributed by atoms with Gasteiger partial charge in [0.1, 0.15) is 5.82 Å². The maximum absolute atomic E-state index is 5.27. The van der Waals surface area contributed by atoms with E-state index in [-0.39, 0.29) is 0 Å². The fourth-order valence-electron chi connectivity index (χ4n) is 2.38. The maximum Gasteiger partial charge on any atom is 0.168 e. The molecule has 1 aromatic heterocycles. The number of fused-ring (bicyclic) bond motifs is 1. The summed E-state index contributed by atoms with van der Waals surface area (Å²) in [5.41, 5.74) is 0. The van der Waals surface area contributed by atoms with Crippen LogP contribution < -0.4 is 10.2 Å². The van der Waals surface area contributed by atoms with Gasteiger partial charge in [-0.2, -0.15) is 4.37 Å². The van der Waals surface area contributed by atoms with Crippen LogP contribution in [0.4, 0.5) is 5.82 Å². The van der Waals surface area contributed by atoms with Crippen LogP contribution in [0.25, 0.3) is 10.1 Å². The molecule has 0 radical (unpaired) electrons. The number of hydrogen-bond donors (Lipinski definition) is 1. The van der Waals surface area contributed by atoms with Crippen LogP contribution >= 0.6 is 23.8 Å². The summed E-state index contributed by atoms with van der Waals surface area (Å²) in [6.07, 6.45) is 0. The second-order valence-electron chi connectivity index (χ2n) is 4.53. The molecule has 19 heavy (non-hydrogen) atoms. The van der Waals surface area contributed by atoms with Crippen LogP contribution in [0.1, 0.15) is 0 Å². The Morgan fingerprint density at radius 1 is 1.26 bits per heavy atom. The molecule has 2 aromatic rings. The quantitative estimate of drug-likeness (QED) is 0.812. The lowest BCUT2D eigenvalue weighted by Crippen LogP contribution is -2.51. The smallest absolute Gasteiger partial charge is 0.168 e. The van der Waals surface area contributed by atoms with E-state index in [1.165, 1.54) is 10.1 Å². The molecule has 100 valence electrons. The number of nitrogens with zero attached hydrogens (tertiary/aromatic N) is 3. The van der Waals surface area contributed by atoms with Crippen LogP contribution in [-0.4, -0.2) is 47.6 Å². The second kappa shape index (κ2) is 5.30. The lowest BCUT2D eigenvalue weighted by molar-refractivity contribution is 0.382. The van der Waals surface area contributed by atoms with Crippen LogP contribution in [0.3, 0.4) is 0 Å². The molecule has 6 heteroatoms. The summed E-state index contributed by atoms with van der Waals surface area (Å²) in [6.45, 7) is 3.84. The van der Waals surface area contributed by atoms with E-state index in [1.807, 2.05) is 7.05 Å². The van der Waals surface area contributed by atoms with Crippen LogP contribution in [0.5, 0.6) is 0 Å². The van der Waals surface area contributed by atoms with E-state index in [4.69, 9.17) is 12.2 Å². The zero-order valence-corrected chi connectivity index (χ0v) is 12.4. The average molecular weight is 292 g/mol. The number of piperazine rings is 1. The van der Waals surface area contributed by atoms with Gasteiger partial charge in [0, 0.05) is 38.6 Å². The van der Waals surface area contributed by atoms with Gasteiger partial charge in [-0.3, -0.25) is 0 Å². The van der Waals surface area contributed by atoms with E-state index in [2.05, 4.69) is 43.8 Å². The standard InChI is InChI=1S/C13H16N4S2/c1-14-13(18)17-8-6-16(7-9-17)12-10-4-2-3-5-11(10)19-15-12/h2-5H,6-9H2,1H3,(H,14,18). The molecule has 1 N–H and O–H groups in total. The van der Waals surface area contributed by atoms with Crippen molar-refractivity contribution in [1.29, 1.82) is 0 Å². The number of thiocarbonyl (C=S) groups is 1. The molecule has 0 bridgehead atoms. The predicted molar refractivity (Wildman–Crippen MR) is 85.1 cm³/mol. The zero-order chi connectivity index (χ0) is 13.2. The van der Waals surface area contributed by atoms with Crippen LogP contribution in [0.15, 0.2) is 24.3 Å². The minimum absolute atomic E-state index is 0.836. The Morgan fingerprint density at radius 2 is 2.00 bits per heavy atom. The molecule has 1 fully saturated rings. The van der Waals surface area contributed by atoms with E-state index < -0.39 is 0 Å². The van der Waals surface area contributed by atoms with Crippen molar-refractivity contribution in [3.05, 3.63) is 24.3 Å². The molecular weight excluding hydrogens is 276 g/mol. The van der Waals surface area contributed by atoms with Gasteiger partial charge in [-0.25, -0.2) is 0 Å². The van der Waals surface area contributed by atoms with Gasteiger partial charge >= 0.3 is 0 Å². The molecule has 0 spiro atoms. The first-order chi connectivity index (χ1) is 9.29. The highest BCUT2D eigenvalue weighted by Gasteiger charge is 2.21. The number of hydrogen-bond acceptors (Lipinski definition) is 4. The average Bonchev–Trinajstić information content (AvgIpc) is 2.90. The molecule has 3 rings (SSSR count). The van der Waals surface area contributed by atoms with Crippen molar-refractivity contribution >= 4 is 44.8 Å². The summed E-state index contributed by atoms with van der Waals surface area (Å²) in [7, 11) is 1.88. The van der Waals surface area contributed by atoms with Gasteiger partial charge in [0.25, 0.3) is 0 Å². The molecule has 1 aromatic carbocycles. The van der Waals surface area contributed by atoms with Crippen LogP contribution in [0, 0.1) is 0 Å². The third-order valence-corrected chi connectivity index (χ3v) is 4.72. The highest BCUT2D eigenvalue weighted by molar-refractivity contribution is 7.80.